The molecule has 1 aromatic carbocycles. The van der Waals surface area contributed by atoms with Crippen LogP contribution in [0.25, 0.3) is 0 Å². The van der Waals surface area contributed by atoms with E-state index in [1.54, 1.807) is 14.0 Å². The molecular weight excluding hydrogens is 291 g/mol. The van der Waals surface area contributed by atoms with Crippen LogP contribution in [0.5, 0.6) is 0 Å². The van der Waals surface area contributed by atoms with Gasteiger partial charge >= 0.3 is 0 Å². The van der Waals surface area contributed by atoms with Crippen LogP contribution in [0, 0.1) is 12.7 Å². The van der Waals surface area contributed by atoms with E-state index >= 15 is 0 Å². The molecule has 120 valence electrons. The summed E-state index contributed by atoms with van der Waals surface area (Å²) in [5, 5.41) is 2.86. The van der Waals surface area contributed by atoms with Crippen LogP contribution in [-0.2, 0) is 16.6 Å². The van der Waals surface area contributed by atoms with Gasteiger partial charge in [0.25, 0.3) is 0 Å². The minimum absolute atomic E-state index is 0.171. The number of benzene rings is 1. The second-order valence-electron chi connectivity index (χ2n) is 5.09. The third-order valence-corrected chi connectivity index (χ3v) is 5.37. The smallest absolute Gasteiger partial charge is 0.243 e. The molecule has 0 aromatic heterocycles. The molecule has 6 heteroatoms. The minimum Gasteiger partial charge on any atom is -0.316 e. The lowest BCUT2D eigenvalue weighted by molar-refractivity contribution is 0.418. The quantitative estimate of drug-likeness (QED) is 0.802. The Morgan fingerprint density at radius 1 is 1.29 bits per heavy atom. The van der Waals surface area contributed by atoms with Crippen molar-refractivity contribution in [3.63, 3.8) is 0 Å². The van der Waals surface area contributed by atoms with Gasteiger partial charge in [-0.15, -0.1) is 0 Å². The fourth-order valence-electron chi connectivity index (χ4n) is 2.21. The average molecular weight is 316 g/mol. The molecule has 0 amide bonds. The molecule has 1 aromatic rings. The van der Waals surface area contributed by atoms with Crippen molar-refractivity contribution in [2.75, 3.05) is 20.1 Å². The van der Waals surface area contributed by atoms with Gasteiger partial charge in [-0.1, -0.05) is 20.3 Å². The zero-order valence-corrected chi connectivity index (χ0v) is 14.1. The third-order valence-electron chi connectivity index (χ3n) is 3.42. The number of rotatable bonds is 8. The van der Waals surface area contributed by atoms with Crippen LogP contribution in [0.2, 0.25) is 0 Å². The van der Waals surface area contributed by atoms with Crippen molar-refractivity contribution in [3.05, 3.63) is 29.1 Å². The monoisotopic (exact) mass is 316 g/mol. The molecular formula is C15H25FN2O2S. The normalized spacial score (nSPS) is 12.1. The Bertz CT molecular complexity index is 573. The van der Waals surface area contributed by atoms with Crippen molar-refractivity contribution >= 4 is 10.0 Å². The molecule has 0 aliphatic carbocycles. The van der Waals surface area contributed by atoms with E-state index in [0.717, 1.165) is 12.8 Å². The summed E-state index contributed by atoms with van der Waals surface area (Å²) in [6, 6.07) is 2.85. The number of nitrogens with one attached hydrogen (secondary N) is 1. The van der Waals surface area contributed by atoms with E-state index in [2.05, 4.69) is 5.32 Å². The van der Waals surface area contributed by atoms with E-state index in [1.807, 2.05) is 13.8 Å². The summed E-state index contributed by atoms with van der Waals surface area (Å²) in [6.07, 6.45) is 1.75. The van der Waals surface area contributed by atoms with Gasteiger partial charge in [0.1, 0.15) is 5.82 Å². The van der Waals surface area contributed by atoms with Gasteiger partial charge in [-0.3, -0.25) is 0 Å². The van der Waals surface area contributed by atoms with Crippen molar-refractivity contribution < 1.29 is 12.8 Å². The maximum Gasteiger partial charge on any atom is 0.243 e. The maximum atomic E-state index is 14.0. The first-order valence-corrected chi connectivity index (χ1v) is 8.76. The molecule has 1 rings (SSSR count). The van der Waals surface area contributed by atoms with E-state index in [1.165, 1.54) is 16.4 Å². The zero-order valence-electron chi connectivity index (χ0n) is 13.2. The molecule has 1 N–H and O–H groups in total. The van der Waals surface area contributed by atoms with Gasteiger partial charge in [0.15, 0.2) is 0 Å². The standard InChI is InChI=1S/C15H25FN2O2S/c1-5-7-8-18(6-2)21(19,20)14-9-12(3)15(16)13(10-14)11-17-4/h9-10,17H,5-8,11H2,1-4H3. The molecule has 0 aliphatic rings. The van der Waals surface area contributed by atoms with E-state index in [4.69, 9.17) is 0 Å². The fraction of sp³-hybridized carbons (Fsp3) is 0.600. The summed E-state index contributed by atoms with van der Waals surface area (Å²) in [5.41, 5.74) is 0.732. The Morgan fingerprint density at radius 2 is 1.95 bits per heavy atom. The van der Waals surface area contributed by atoms with Crippen molar-refractivity contribution in [2.24, 2.45) is 0 Å². The second-order valence-corrected chi connectivity index (χ2v) is 7.03. The highest BCUT2D eigenvalue weighted by Gasteiger charge is 2.24. The molecule has 0 saturated heterocycles. The predicted molar refractivity (Wildman–Crippen MR) is 83.2 cm³/mol. The van der Waals surface area contributed by atoms with Crippen molar-refractivity contribution in [2.45, 2.75) is 45.1 Å². The fourth-order valence-corrected chi connectivity index (χ4v) is 3.83. The van der Waals surface area contributed by atoms with Crippen LogP contribution in [-0.4, -0.2) is 32.9 Å². The van der Waals surface area contributed by atoms with E-state index in [0.29, 0.717) is 30.8 Å². The van der Waals surface area contributed by atoms with Gasteiger partial charge < -0.3 is 5.32 Å². The molecule has 0 aliphatic heterocycles. The van der Waals surface area contributed by atoms with Crippen molar-refractivity contribution in [3.8, 4) is 0 Å². The topological polar surface area (TPSA) is 49.4 Å². The molecule has 0 heterocycles. The summed E-state index contributed by atoms with van der Waals surface area (Å²) >= 11 is 0. The number of aryl methyl sites for hydroxylation is 1. The van der Waals surface area contributed by atoms with Crippen LogP contribution in [0.15, 0.2) is 17.0 Å². The Labute approximate surface area is 127 Å². The van der Waals surface area contributed by atoms with Gasteiger partial charge in [0.2, 0.25) is 10.0 Å². The highest BCUT2D eigenvalue weighted by molar-refractivity contribution is 7.89. The Hall–Kier alpha value is -0.980. The van der Waals surface area contributed by atoms with E-state index < -0.39 is 10.0 Å². The van der Waals surface area contributed by atoms with Gasteiger partial charge in [-0.25, -0.2) is 12.8 Å². The molecule has 0 fully saturated rings. The molecule has 0 atom stereocenters. The number of hydrogen-bond acceptors (Lipinski definition) is 3. The Balaban J connectivity index is 3.23. The van der Waals surface area contributed by atoms with E-state index in [9.17, 15) is 12.8 Å². The van der Waals surface area contributed by atoms with Gasteiger partial charge in [0.05, 0.1) is 4.90 Å². The highest BCUT2D eigenvalue weighted by atomic mass is 32.2. The summed E-state index contributed by atoms with van der Waals surface area (Å²) in [5.74, 6) is -0.347. The average Bonchev–Trinajstić information content (AvgIpc) is 2.44. The van der Waals surface area contributed by atoms with Crippen LogP contribution >= 0.6 is 0 Å². The van der Waals surface area contributed by atoms with Crippen LogP contribution in [0.1, 0.15) is 37.8 Å². The third kappa shape index (κ3) is 4.25. The molecule has 0 saturated carbocycles. The predicted octanol–water partition coefficient (Wildman–Crippen LogP) is 2.66. The van der Waals surface area contributed by atoms with Crippen LogP contribution < -0.4 is 5.32 Å². The minimum atomic E-state index is -3.56. The van der Waals surface area contributed by atoms with Crippen LogP contribution in [0.3, 0.4) is 0 Å². The Kier molecular flexibility index (Phi) is 6.77. The number of unbranched alkanes of at least 4 members (excludes halogenated alkanes) is 1. The molecule has 0 radical (unpaired) electrons. The van der Waals surface area contributed by atoms with Gasteiger partial charge in [-0.2, -0.15) is 4.31 Å². The number of halogens is 1. The summed E-state index contributed by atoms with van der Waals surface area (Å²) < 4.78 is 40.8. The first-order valence-electron chi connectivity index (χ1n) is 7.32. The summed E-state index contributed by atoms with van der Waals surface area (Å²) in [4.78, 5) is 0.171. The summed E-state index contributed by atoms with van der Waals surface area (Å²) in [6.45, 7) is 6.64. The van der Waals surface area contributed by atoms with Crippen molar-refractivity contribution in [1.82, 2.24) is 9.62 Å². The number of sulfonamides is 1. The van der Waals surface area contributed by atoms with Gasteiger partial charge in [0, 0.05) is 25.2 Å². The lowest BCUT2D eigenvalue weighted by Gasteiger charge is -2.21. The van der Waals surface area contributed by atoms with Crippen LogP contribution in [0.4, 0.5) is 4.39 Å². The molecule has 0 unspecified atom stereocenters. The summed E-state index contributed by atoms with van der Waals surface area (Å²) in [7, 11) is -1.86. The van der Waals surface area contributed by atoms with Gasteiger partial charge in [-0.05, 0) is 38.1 Å². The molecule has 21 heavy (non-hydrogen) atoms. The highest BCUT2D eigenvalue weighted by Crippen LogP contribution is 2.22. The lowest BCUT2D eigenvalue weighted by atomic mass is 10.1. The SMILES string of the molecule is CCCCN(CC)S(=O)(=O)c1cc(C)c(F)c(CNC)c1. The second kappa shape index (κ2) is 7.87. The molecule has 0 spiro atoms. The molecule has 4 nitrogen and oxygen atoms in total. The first kappa shape index (κ1) is 18.1. The lowest BCUT2D eigenvalue weighted by Crippen LogP contribution is -2.32. The van der Waals surface area contributed by atoms with E-state index in [-0.39, 0.29) is 10.7 Å². The Morgan fingerprint density at radius 3 is 2.48 bits per heavy atom. The largest absolute Gasteiger partial charge is 0.316 e. The number of hydrogen-bond donors (Lipinski definition) is 1. The van der Waals surface area contributed by atoms with Crippen molar-refractivity contribution in [1.29, 1.82) is 0 Å². The molecule has 0 bridgehead atoms. The maximum absolute atomic E-state index is 14.0. The zero-order chi connectivity index (χ0) is 16.0. The number of nitrogens with zero attached hydrogens (tertiary/aromatic N) is 1. The first-order chi connectivity index (χ1) is 9.88.